The number of aliphatic hydroxyl groups is 1. The van der Waals surface area contributed by atoms with E-state index >= 15 is 0 Å². The zero-order chi connectivity index (χ0) is 9.03. The second kappa shape index (κ2) is 4.24. The Morgan fingerprint density at radius 3 is 2.75 bits per heavy atom. The van der Waals surface area contributed by atoms with Crippen LogP contribution in [0.25, 0.3) is 0 Å². The molecule has 0 aromatic carbocycles. The van der Waals surface area contributed by atoms with Crippen molar-refractivity contribution in [1.82, 2.24) is 0 Å². The molecule has 2 atom stereocenters. The summed E-state index contributed by atoms with van der Waals surface area (Å²) in [6.45, 7) is 5.08. The molecular formula is C10H20O2. The molecule has 2 unspecified atom stereocenters. The van der Waals surface area contributed by atoms with Crippen molar-refractivity contribution in [2.45, 2.75) is 45.1 Å². The fourth-order valence-corrected chi connectivity index (χ4v) is 2.17. The smallest absolute Gasteiger partial charge is 0.0937 e. The van der Waals surface area contributed by atoms with Crippen molar-refractivity contribution in [1.29, 1.82) is 0 Å². The molecule has 1 N–H and O–H groups in total. The van der Waals surface area contributed by atoms with Gasteiger partial charge < -0.3 is 9.84 Å². The molecule has 12 heavy (non-hydrogen) atoms. The summed E-state index contributed by atoms with van der Waals surface area (Å²) in [7, 11) is 0. The summed E-state index contributed by atoms with van der Waals surface area (Å²) in [6, 6.07) is 0. The first kappa shape index (κ1) is 10.0. The second-order valence-corrected chi connectivity index (χ2v) is 3.80. The van der Waals surface area contributed by atoms with Gasteiger partial charge in [0, 0.05) is 6.61 Å². The van der Waals surface area contributed by atoms with Gasteiger partial charge in [-0.1, -0.05) is 19.8 Å². The third kappa shape index (κ3) is 1.80. The Balaban J connectivity index is 2.60. The molecule has 0 spiro atoms. The molecule has 0 heterocycles. The van der Waals surface area contributed by atoms with Crippen molar-refractivity contribution < 1.29 is 9.84 Å². The molecule has 0 aliphatic heterocycles. The van der Waals surface area contributed by atoms with Crippen LogP contribution in [0.4, 0.5) is 0 Å². The Morgan fingerprint density at radius 1 is 1.50 bits per heavy atom. The lowest BCUT2D eigenvalue weighted by Crippen LogP contribution is -2.45. The van der Waals surface area contributed by atoms with Gasteiger partial charge in [-0.2, -0.15) is 0 Å². The molecule has 0 amide bonds. The zero-order valence-electron chi connectivity index (χ0n) is 8.18. The molecule has 1 aliphatic rings. The molecule has 0 saturated heterocycles. The summed E-state index contributed by atoms with van der Waals surface area (Å²) < 4.78 is 5.68. The molecular weight excluding hydrogens is 152 g/mol. The molecule has 1 rings (SSSR count). The molecule has 1 aliphatic carbocycles. The third-order valence-corrected chi connectivity index (χ3v) is 3.08. The molecule has 72 valence electrons. The van der Waals surface area contributed by atoms with Crippen LogP contribution in [-0.4, -0.2) is 23.9 Å². The Kier molecular flexibility index (Phi) is 3.53. The fourth-order valence-electron chi connectivity index (χ4n) is 2.17. The van der Waals surface area contributed by atoms with Crippen LogP contribution in [0.1, 0.15) is 39.5 Å². The fraction of sp³-hybridized carbons (Fsp3) is 1.00. The SMILES string of the molecule is CCOC1(CO)CCCCC1C. The van der Waals surface area contributed by atoms with Crippen LogP contribution < -0.4 is 0 Å². The third-order valence-electron chi connectivity index (χ3n) is 3.08. The van der Waals surface area contributed by atoms with Gasteiger partial charge in [0.25, 0.3) is 0 Å². The van der Waals surface area contributed by atoms with E-state index in [9.17, 15) is 5.11 Å². The van der Waals surface area contributed by atoms with E-state index in [0.717, 1.165) is 6.42 Å². The Labute approximate surface area is 74.9 Å². The van der Waals surface area contributed by atoms with Crippen molar-refractivity contribution in [2.75, 3.05) is 13.2 Å². The van der Waals surface area contributed by atoms with Crippen molar-refractivity contribution in [3.8, 4) is 0 Å². The highest BCUT2D eigenvalue weighted by Gasteiger charge is 2.38. The van der Waals surface area contributed by atoms with Gasteiger partial charge >= 0.3 is 0 Å². The van der Waals surface area contributed by atoms with Gasteiger partial charge in [-0.15, -0.1) is 0 Å². The number of aliphatic hydroxyl groups excluding tert-OH is 1. The summed E-state index contributed by atoms with van der Waals surface area (Å²) in [5.74, 6) is 0.510. The highest BCUT2D eigenvalue weighted by molar-refractivity contribution is 4.89. The van der Waals surface area contributed by atoms with Crippen LogP contribution in [0, 0.1) is 5.92 Å². The second-order valence-electron chi connectivity index (χ2n) is 3.80. The molecule has 2 heteroatoms. The summed E-state index contributed by atoms with van der Waals surface area (Å²) in [4.78, 5) is 0. The molecule has 1 saturated carbocycles. The van der Waals surface area contributed by atoms with E-state index in [1.54, 1.807) is 0 Å². The van der Waals surface area contributed by atoms with Crippen molar-refractivity contribution in [2.24, 2.45) is 5.92 Å². The van der Waals surface area contributed by atoms with E-state index < -0.39 is 0 Å². The maximum atomic E-state index is 9.32. The van der Waals surface area contributed by atoms with Gasteiger partial charge in [0.05, 0.1) is 12.2 Å². The van der Waals surface area contributed by atoms with Gasteiger partial charge in [0.15, 0.2) is 0 Å². The van der Waals surface area contributed by atoms with E-state index in [0.29, 0.717) is 12.5 Å². The first-order chi connectivity index (χ1) is 5.75. The average Bonchev–Trinajstić information content (AvgIpc) is 2.10. The monoisotopic (exact) mass is 172 g/mol. The minimum Gasteiger partial charge on any atom is -0.393 e. The standard InChI is InChI=1S/C10H20O2/c1-3-12-10(8-11)7-5-4-6-9(10)2/h9,11H,3-8H2,1-2H3. The summed E-state index contributed by atoms with van der Waals surface area (Å²) in [5, 5.41) is 9.32. The van der Waals surface area contributed by atoms with Gasteiger partial charge in [0.2, 0.25) is 0 Å². The molecule has 2 nitrogen and oxygen atoms in total. The van der Waals surface area contributed by atoms with Gasteiger partial charge in [-0.05, 0) is 25.7 Å². The van der Waals surface area contributed by atoms with E-state index in [4.69, 9.17) is 4.74 Å². The van der Waals surface area contributed by atoms with Crippen LogP contribution in [0.2, 0.25) is 0 Å². The topological polar surface area (TPSA) is 29.5 Å². The highest BCUT2D eigenvalue weighted by atomic mass is 16.5. The maximum Gasteiger partial charge on any atom is 0.0937 e. The number of hydrogen-bond donors (Lipinski definition) is 1. The van der Waals surface area contributed by atoms with Crippen LogP contribution >= 0.6 is 0 Å². The number of rotatable bonds is 3. The predicted molar refractivity (Wildman–Crippen MR) is 49.1 cm³/mol. The lowest BCUT2D eigenvalue weighted by Gasteiger charge is -2.40. The lowest BCUT2D eigenvalue weighted by molar-refractivity contribution is -0.127. The zero-order valence-corrected chi connectivity index (χ0v) is 8.18. The molecule has 0 aromatic rings. The van der Waals surface area contributed by atoms with Gasteiger partial charge in [-0.3, -0.25) is 0 Å². The van der Waals surface area contributed by atoms with Gasteiger partial charge in [0.1, 0.15) is 0 Å². The molecule has 0 bridgehead atoms. The molecule has 1 fully saturated rings. The Bertz CT molecular complexity index is 132. The van der Waals surface area contributed by atoms with Crippen molar-refractivity contribution >= 4 is 0 Å². The van der Waals surface area contributed by atoms with Crippen LogP contribution in [0.3, 0.4) is 0 Å². The van der Waals surface area contributed by atoms with Gasteiger partial charge in [-0.25, -0.2) is 0 Å². The van der Waals surface area contributed by atoms with Crippen LogP contribution in [0.5, 0.6) is 0 Å². The average molecular weight is 172 g/mol. The lowest BCUT2D eigenvalue weighted by atomic mass is 9.77. The number of ether oxygens (including phenoxy) is 1. The number of hydrogen-bond acceptors (Lipinski definition) is 2. The van der Waals surface area contributed by atoms with E-state index in [1.165, 1.54) is 19.3 Å². The summed E-state index contributed by atoms with van der Waals surface area (Å²) >= 11 is 0. The maximum absolute atomic E-state index is 9.32. The summed E-state index contributed by atoms with van der Waals surface area (Å²) in [6.07, 6.45) is 4.71. The predicted octanol–water partition coefficient (Wildman–Crippen LogP) is 1.96. The van der Waals surface area contributed by atoms with Crippen molar-refractivity contribution in [3.63, 3.8) is 0 Å². The Hall–Kier alpha value is -0.0800. The normalized spacial score (nSPS) is 36.8. The quantitative estimate of drug-likeness (QED) is 0.705. The van der Waals surface area contributed by atoms with E-state index in [2.05, 4.69) is 6.92 Å². The largest absolute Gasteiger partial charge is 0.393 e. The van der Waals surface area contributed by atoms with E-state index in [1.807, 2.05) is 6.92 Å². The summed E-state index contributed by atoms with van der Waals surface area (Å²) in [5.41, 5.74) is -0.215. The molecule has 0 radical (unpaired) electrons. The van der Waals surface area contributed by atoms with E-state index in [-0.39, 0.29) is 12.2 Å². The minimum atomic E-state index is -0.215. The first-order valence-corrected chi connectivity index (χ1v) is 5.00. The van der Waals surface area contributed by atoms with Crippen LogP contribution in [-0.2, 0) is 4.74 Å². The first-order valence-electron chi connectivity index (χ1n) is 5.00. The minimum absolute atomic E-state index is 0.183. The van der Waals surface area contributed by atoms with Crippen molar-refractivity contribution in [3.05, 3.63) is 0 Å². The highest BCUT2D eigenvalue weighted by Crippen LogP contribution is 2.36. The Morgan fingerprint density at radius 2 is 2.25 bits per heavy atom. The van der Waals surface area contributed by atoms with Crippen LogP contribution in [0.15, 0.2) is 0 Å². The molecule has 0 aromatic heterocycles.